The van der Waals surface area contributed by atoms with E-state index in [1.165, 1.54) is 12.0 Å². The van der Waals surface area contributed by atoms with Gasteiger partial charge in [0.2, 0.25) is 0 Å². The third-order valence-electron chi connectivity index (χ3n) is 15.2. The van der Waals surface area contributed by atoms with Gasteiger partial charge in [0.15, 0.2) is 0 Å². The van der Waals surface area contributed by atoms with Crippen LogP contribution in [-0.4, -0.2) is 30.3 Å². The van der Waals surface area contributed by atoms with Gasteiger partial charge in [-0.1, -0.05) is 58.9 Å². The third-order valence-corrected chi connectivity index (χ3v) is 15.2. The summed E-state index contributed by atoms with van der Waals surface area (Å²) in [4.78, 5) is 26.0. The molecule has 6 rings (SSSR count). The Bertz CT molecular complexity index is 1380. The van der Waals surface area contributed by atoms with E-state index in [1.54, 1.807) is 13.2 Å². The minimum atomic E-state index is -0.580. The van der Waals surface area contributed by atoms with Crippen LogP contribution in [0.1, 0.15) is 111 Å². The summed E-state index contributed by atoms with van der Waals surface area (Å²) >= 11 is 0. The zero-order valence-electron chi connectivity index (χ0n) is 28.8. The smallest absolute Gasteiger partial charge is 0.331 e. The predicted molar refractivity (Wildman–Crippen MR) is 179 cm³/mol. The average molecular weight is 617 g/mol. The molecule has 0 spiro atoms. The SMILES string of the molecule is C=C(C)[C@@H]1CC[C@]2(C(=O)O)CC[C@]3(C)C(CCC4[C@@]5(C)CC[C@H](OC(=O)/C=C/c6ccc(OC)cc6)C(C)(C)C5CC[C@]43C)C12. The van der Waals surface area contributed by atoms with E-state index in [1.807, 2.05) is 30.3 Å². The van der Waals surface area contributed by atoms with Crippen LogP contribution in [-0.2, 0) is 14.3 Å². The van der Waals surface area contributed by atoms with Gasteiger partial charge in [-0.15, -0.1) is 0 Å². The Morgan fingerprint density at radius 3 is 2.22 bits per heavy atom. The summed E-state index contributed by atoms with van der Waals surface area (Å²) in [6.07, 6.45) is 13.4. The van der Waals surface area contributed by atoms with Crippen molar-refractivity contribution in [3.8, 4) is 5.75 Å². The first-order valence-corrected chi connectivity index (χ1v) is 17.6. The molecule has 5 fully saturated rings. The summed E-state index contributed by atoms with van der Waals surface area (Å²) in [6, 6.07) is 7.66. The Labute approximate surface area is 271 Å². The molecule has 0 amide bonds. The second kappa shape index (κ2) is 11.0. The lowest BCUT2D eigenvalue weighted by molar-refractivity contribution is -0.250. The number of ether oxygens (including phenoxy) is 2. The van der Waals surface area contributed by atoms with Crippen LogP contribution in [0.2, 0.25) is 0 Å². The molecule has 5 nitrogen and oxygen atoms in total. The van der Waals surface area contributed by atoms with E-state index < -0.39 is 11.4 Å². The molecule has 1 aromatic carbocycles. The molecular formula is C40H56O5. The van der Waals surface area contributed by atoms with Crippen molar-refractivity contribution in [2.24, 2.45) is 56.7 Å². The quantitative estimate of drug-likeness (QED) is 0.196. The van der Waals surface area contributed by atoms with Crippen LogP contribution in [0.3, 0.4) is 0 Å². The molecule has 5 aliphatic carbocycles. The number of carbonyl (C=O) groups is 2. The normalized spacial score (nSPS) is 43.4. The second-order valence-corrected chi connectivity index (χ2v) is 17.0. The lowest BCUT2D eigenvalue weighted by atomic mass is 9.32. The Kier molecular flexibility index (Phi) is 7.93. The molecule has 45 heavy (non-hydrogen) atoms. The van der Waals surface area contributed by atoms with E-state index in [9.17, 15) is 14.7 Å². The van der Waals surface area contributed by atoms with Gasteiger partial charge < -0.3 is 14.6 Å². The maximum absolute atomic E-state index is 13.1. The molecule has 5 aliphatic rings. The van der Waals surface area contributed by atoms with Gasteiger partial charge in [0.25, 0.3) is 0 Å². The number of benzene rings is 1. The summed E-state index contributed by atoms with van der Waals surface area (Å²) < 4.78 is 11.5. The number of aliphatic carboxylic acids is 1. The molecule has 1 aromatic rings. The van der Waals surface area contributed by atoms with Crippen LogP contribution in [0.5, 0.6) is 5.75 Å². The Morgan fingerprint density at radius 1 is 0.867 bits per heavy atom. The van der Waals surface area contributed by atoms with Gasteiger partial charge in [-0.3, -0.25) is 4.79 Å². The Morgan fingerprint density at radius 2 is 1.58 bits per heavy atom. The molecule has 0 saturated heterocycles. The van der Waals surface area contributed by atoms with Crippen LogP contribution < -0.4 is 4.74 Å². The highest BCUT2D eigenvalue weighted by atomic mass is 16.5. The van der Waals surface area contributed by atoms with Gasteiger partial charge in [0.05, 0.1) is 12.5 Å². The molecule has 4 unspecified atom stereocenters. The number of rotatable bonds is 6. The first-order chi connectivity index (χ1) is 21.1. The van der Waals surface area contributed by atoms with Crippen molar-refractivity contribution in [2.75, 3.05) is 7.11 Å². The van der Waals surface area contributed by atoms with Gasteiger partial charge in [-0.25, -0.2) is 4.79 Å². The third kappa shape index (κ3) is 4.67. The highest BCUT2D eigenvalue weighted by molar-refractivity contribution is 5.87. The number of hydrogen-bond acceptors (Lipinski definition) is 4. The Balaban J connectivity index is 1.23. The number of carboxylic acids is 1. The summed E-state index contributed by atoms with van der Waals surface area (Å²) in [6.45, 7) is 18.9. The zero-order valence-corrected chi connectivity index (χ0v) is 28.8. The van der Waals surface area contributed by atoms with Crippen LogP contribution >= 0.6 is 0 Å². The summed E-state index contributed by atoms with van der Waals surface area (Å²) in [5, 5.41) is 10.6. The monoisotopic (exact) mass is 616 g/mol. The maximum atomic E-state index is 13.1. The van der Waals surface area contributed by atoms with Crippen LogP contribution in [0.15, 0.2) is 42.5 Å². The van der Waals surface area contributed by atoms with Crippen molar-refractivity contribution < 1.29 is 24.2 Å². The highest BCUT2D eigenvalue weighted by Crippen LogP contribution is 2.77. The second-order valence-electron chi connectivity index (χ2n) is 17.0. The average Bonchev–Trinajstić information content (AvgIpc) is 3.40. The van der Waals surface area contributed by atoms with Gasteiger partial charge in [-0.2, -0.15) is 0 Å². The summed E-state index contributed by atoms with van der Waals surface area (Å²) in [7, 11) is 1.65. The molecule has 10 atom stereocenters. The van der Waals surface area contributed by atoms with E-state index in [0.29, 0.717) is 23.7 Å². The minimum absolute atomic E-state index is 0.111. The van der Waals surface area contributed by atoms with E-state index in [2.05, 4.69) is 48.1 Å². The van der Waals surface area contributed by atoms with E-state index in [0.717, 1.165) is 69.1 Å². The van der Waals surface area contributed by atoms with Crippen molar-refractivity contribution >= 4 is 18.0 Å². The number of fused-ring (bicyclic) bond motifs is 7. The molecule has 0 aliphatic heterocycles. The maximum Gasteiger partial charge on any atom is 0.331 e. The largest absolute Gasteiger partial charge is 0.497 e. The standard InChI is InChI=1S/C40H56O5/c1-25(2)28-17-22-40(35(42)43)24-23-38(6)29(34(28)40)14-15-31-37(5)20-19-32(36(3,4)30(37)18-21-39(31,38)7)45-33(41)16-11-26-9-12-27(44-8)13-10-26/h9-13,16,28-32,34H,1,14-15,17-24H2,2-8H3,(H,42,43)/b16-11+/t28-,29?,30?,31?,32-,34?,37-,38+,39+,40-/m0/s1. The highest BCUT2D eigenvalue weighted by Gasteiger charge is 2.72. The number of carbonyl (C=O) groups excluding carboxylic acids is 1. The van der Waals surface area contributed by atoms with Crippen molar-refractivity contribution in [2.45, 2.75) is 112 Å². The Hall–Kier alpha value is -2.56. The van der Waals surface area contributed by atoms with Crippen LogP contribution in [0, 0.1) is 56.7 Å². The predicted octanol–water partition coefficient (Wildman–Crippen LogP) is 9.36. The number of hydrogen-bond donors (Lipinski definition) is 1. The zero-order chi connectivity index (χ0) is 32.6. The van der Waals surface area contributed by atoms with E-state index in [4.69, 9.17) is 9.47 Å². The first kappa shape index (κ1) is 32.4. The van der Waals surface area contributed by atoms with Gasteiger partial charge in [0, 0.05) is 11.5 Å². The number of carboxylic acid groups (broad SMARTS) is 1. The molecular weight excluding hydrogens is 560 g/mol. The topological polar surface area (TPSA) is 72.8 Å². The lowest BCUT2D eigenvalue weighted by Crippen LogP contribution is -2.67. The van der Waals surface area contributed by atoms with E-state index in [-0.39, 0.29) is 39.7 Å². The molecule has 5 heteroatoms. The van der Waals surface area contributed by atoms with Crippen molar-refractivity contribution in [3.05, 3.63) is 48.1 Å². The number of esters is 1. The fraction of sp³-hybridized carbons (Fsp3) is 0.700. The van der Waals surface area contributed by atoms with Gasteiger partial charge in [0.1, 0.15) is 11.9 Å². The molecule has 0 heterocycles. The fourth-order valence-corrected chi connectivity index (χ4v) is 12.8. The molecule has 0 aromatic heterocycles. The molecule has 246 valence electrons. The summed E-state index contributed by atoms with van der Waals surface area (Å²) in [5.74, 6) is 1.96. The number of allylic oxidation sites excluding steroid dienone is 1. The van der Waals surface area contributed by atoms with Gasteiger partial charge >= 0.3 is 11.9 Å². The van der Waals surface area contributed by atoms with Crippen molar-refractivity contribution in [3.63, 3.8) is 0 Å². The molecule has 1 N–H and O–H groups in total. The number of methoxy groups -OCH3 is 1. The van der Waals surface area contributed by atoms with Crippen molar-refractivity contribution in [1.29, 1.82) is 0 Å². The first-order valence-electron chi connectivity index (χ1n) is 17.6. The molecule has 0 radical (unpaired) electrons. The summed E-state index contributed by atoms with van der Waals surface area (Å²) in [5.41, 5.74) is 1.86. The molecule has 0 bridgehead atoms. The minimum Gasteiger partial charge on any atom is -0.497 e. The van der Waals surface area contributed by atoms with Gasteiger partial charge in [-0.05, 0) is 141 Å². The fourth-order valence-electron chi connectivity index (χ4n) is 12.8. The van der Waals surface area contributed by atoms with Crippen LogP contribution in [0.4, 0.5) is 0 Å². The van der Waals surface area contributed by atoms with E-state index >= 15 is 0 Å². The molecule has 5 saturated carbocycles. The van der Waals surface area contributed by atoms with Crippen molar-refractivity contribution in [1.82, 2.24) is 0 Å². The van der Waals surface area contributed by atoms with Crippen LogP contribution in [0.25, 0.3) is 6.08 Å². The lowest BCUT2D eigenvalue weighted by Gasteiger charge is -2.72.